The molecule has 22 heavy (non-hydrogen) atoms. The molecule has 0 N–H and O–H groups in total. The zero-order chi connectivity index (χ0) is 15.5. The van der Waals surface area contributed by atoms with Crippen LogP contribution >= 0.6 is 0 Å². The van der Waals surface area contributed by atoms with Crippen LogP contribution < -0.4 is 5.69 Å². The molecule has 1 aliphatic heterocycles. The molecule has 3 rings (SSSR count). The quantitative estimate of drug-likeness (QED) is 0.856. The van der Waals surface area contributed by atoms with Crippen LogP contribution in [0.3, 0.4) is 0 Å². The number of hydrogen-bond donors (Lipinski definition) is 0. The van der Waals surface area contributed by atoms with Crippen LogP contribution in [-0.4, -0.2) is 37.3 Å². The van der Waals surface area contributed by atoms with Crippen LogP contribution in [-0.2, 0) is 20.1 Å². The van der Waals surface area contributed by atoms with Crippen LogP contribution in [0.4, 0.5) is 0 Å². The highest BCUT2D eigenvalue weighted by Gasteiger charge is 2.26. The highest BCUT2D eigenvalue weighted by molar-refractivity contribution is 5.05. The lowest BCUT2D eigenvalue weighted by Crippen LogP contribution is -2.35. The predicted molar refractivity (Wildman–Crippen MR) is 84.6 cm³/mol. The Bertz CT molecular complexity index is 676. The molecule has 0 saturated carbocycles. The standard InChI is InChI=1S/C16H23N5O/c1-3-21-15(18-19(2)16(21)22)13-7-6-10-20(11-13)12-14-8-4-5-9-17-14/h4-5,8-9,13H,3,6-7,10-12H2,1-2H3. The first-order chi connectivity index (χ1) is 10.7. The van der Waals surface area contributed by atoms with Crippen molar-refractivity contribution in [2.75, 3.05) is 13.1 Å². The van der Waals surface area contributed by atoms with Crippen LogP contribution in [0.15, 0.2) is 29.2 Å². The molecule has 0 aromatic carbocycles. The van der Waals surface area contributed by atoms with Crippen molar-refractivity contribution in [3.05, 3.63) is 46.4 Å². The fourth-order valence-corrected chi connectivity index (χ4v) is 3.25. The molecular weight excluding hydrogens is 278 g/mol. The van der Waals surface area contributed by atoms with E-state index in [9.17, 15) is 4.79 Å². The van der Waals surface area contributed by atoms with E-state index in [1.165, 1.54) is 4.68 Å². The van der Waals surface area contributed by atoms with Gasteiger partial charge in [-0.3, -0.25) is 14.5 Å². The number of aromatic nitrogens is 4. The van der Waals surface area contributed by atoms with E-state index < -0.39 is 0 Å². The van der Waals surface area contributed by atoms with Gasteiger partial charge in [0.25, 0.3) is 0 Å². The van der Waals surface area contributed by atoms with Crippen molar-refractivity contribution < 1.29 is 0 Å². The summed E-state index contributed by atoms with van der Waals surface area (Å²) in [5.41, 5.74) is 1.08. The van der Waals surface area contributed by atoms with E-state index in [0.717, 1.165) is 44.0 Å². The fourth-order valence-electron chi connectivity index (χ4n) is 3.25. The maximum absolute atomic E-state index is 12.1. The molecule has 0 spiro atoms. The minimum absolute atomic E-state index is 0.0145. The third-order valence-corrected chi connectivity index (χ3v) is 4.34. The van der Waals surface area contributed by atoms with Gasteiger partial charge in [0.1, 0.15) is 5.82 Å². The van der Waals surface area contributed by atoms with Gasteiger partial charge in [0.05, 0.1) is 5.69 Å². The van der Waals surface area contributed by atoms with E-state index in [1.807, 2.05) is 25.3 Å². The number of likely N-dealkylation sites (tertiary alicyclic amines) is 1. The lowest BCUT2D eigenvalue weighted by atomic mass is 9.97. The van der Waals surface area contributed by atoms with Gasteiger partial charge in [-0.25, -0.2) is 9.48 Å². The van der Waals surface area contributed by atoms with Crippen molar-refractivity contribution in [3.8, 4) is 0 Å². The molecule has 3 heterocycles. The van der Waals surface area contributed by atoms with Gasteiger partial charge in [-0.2, -0.15) is 5.10 Å². The molecule has 1 atom stereocenters. The van der Waals surface area contributed by atoms with Gasteiger partial charge in [0.15, 0.2) is 0 Å². The molecule has 6 nitrogen and oxygen atoms in total. The molecule has 1 saturated heterocycles. The monoisotopic (exact) mass is 301 g/mol. The molecule has 1 aliphatic rings. The average molecular weight is 301 g/mol. The van der Waals surface area contributed by atoms with Gasteiger partial charge < -0.3 is 0 Å². The molecule has 0 bridgehead atoms. The van der Waals surface area contributed by atoms with Crippen molar-refractivity contribution in [1.82, 2.24) is 24.2 Å². The summed E-state index contributed by atoms with van der Waals surface area (Å²) in [6.45, 7) is 5.56. The van der Waals surface area contributed by atoms with Gasteiger partial charge in [-0.15, -0.1) is 0 Å². The number of hydrogen-bond acceptors (Lipinski definition) is 4. The minimum atomic E-state index is -0.0145. The van der Waals surface area contributed by atoms with E-state index >= 15 is 0 Å². The highest BCUT2D eigenvalue weighted by atomic mass is 16.2. The second kappa shape index (κ2) is 6.44. The van der Waals surface area contributed by atoms with Crippen LogP contribution in [0, 0.1) is 0 Å². The van der Waals surface area contributed by atoms with E-state index in [0.29, 0.717) is 12.5 Å². The van der Waals surface area contributed by atoms with Crippen LogP contribution in [0.5, 0.6) is 0 Å². The van der Waals surface area contributed by atoms with Gasteiger partial charge >= 0.3 is 5.69 Å². The molecular formula is C16H23N5O. The number of aryl methyl sites for hydroxylation is 1. The Morgan fingerprint density at radius 1 is 1.36 bits per heavy atom. The first-order valence-corrected chi connectivity index (χ1v) is 7.95. The van der Waals surface area contributed by atoms with E-state index in [1.54, 1.807) is 11.6 Å². The zero-order valence-corrected chi connectivity index (χ0v) is 13.3. The molecule has 2 aromatic heterocycles. The number of rotatable bonds is 4. The maximum Gasteiger partial charge on any atom is 0.345 e. The van der Waals surface area contributed by atoms with E-state index in [4.69, 9.17) is 0 Å². The molecule has 0 amide bonds. The Labute approximate surface area is 130 Å². The number of piperidine rings is 1. The summed E-state index contributed by atoms with van der Waals surface area (Å²) in [6, 6.07) is 6.03. The lowest BCUT2D eigenvalue weighted by molar-refractivity contribution is 0.192. The summed E-state index contributed by atoms with van der Waals surface area (Å²) in [4.78, 5) is 18.9. The maximum atomic E-state index is 12.1. The first kappa shape index (κ1) is 15.0. The summed E-state index contributed by atoms with van der Waals surface area (Å²) < 4.78 is 3.26. The third kappa shape index (κ3) is 2.97. The van der Waals surface area contributed by atoms with Crippen molar-refractivity contribution in [2.24, 2.45) is 7.05 Å². The molecule has 1 unspecified atom stereocenters. The largest absolute Gasteiger partial charge is 0.345 e. The summed E-state index contributed by atoms with van der Waals surface area (Å²) in [6.07, 6.45) is 4.06. The topological polar surface area (TPSA) is 56.0 Å². The summed E-state index contributed by atoms with van der Waals surface area (Å²) in [5.74, 6) is 1.26. The highest BCUT2D eigenvalue weighted by Crippen LogP contribution is 2.25. The minimum Gasteiger partial charge on any atom is -0.297 e. The second-order valence-electron chi connectivity index (χ2n) is 5.90. The van der Waals surface area contributed by atoms with Gasteiger partial charge in [0, 0.05) is 38.8 Å². The normalized spacial score (nSPS) is 19.5. The van der Waals surface area contributed by atoms with Gasteiger partial charge in [-0.1, -0.05) is 6.07 Å². The van der Waals surface area contributed by atoms with Gasteiger partial charge in [-0.05, 0) is 38.4 Å². The molecule has 1 fully saturated rings. The Kier molecular flexibility index (Phi) is 4.38. The van der Waals surface area contributed by atoms with E-state index in [2.05, 4.69) is 21.0 Å². The average Bonchev–Trinajstić information content (AvgIpc) is 2.83. The lowest BCUT2D eigenvalue weighted by Gasteiger charge is -2.31. The van der Waals surface area contributed by atoms with Crippen LogP contribution in [0.2, 0.25) is 0 Å². The van der Waals surface area contributed by atoms with E-state index in [-0.39, 0.29) is 5.69 Å². The number of pyridine rings is 1. The second-order valence-corrected chi connectivity index (χ2v) is 5.90. The predicted octanol–water partition coefficient (Wildman–Crippen LogP) is 1.38. The van der Waals surface area contributed by atoms with Crippen molar-refractivity contribution in [3.63, 3.8) is 0 Å². The summed E-state index contributed by atoms with van der Waals surface area (Å²) in [5, 5.41) is 4.47. The Morgan fingerprint density at radius 2 is 2.23 bits per heavy atom. The zero-order valence-electron chi connectivity index (χ0n) is 13.3. The Balaban J connectivity index is 1.76. The van der Waals surface area contributed by atoms with Crippen LogP contribution in [0.1, 0.15) is 37.2 Å². The smallest absolute Gasteiger partial charge is 0.297 e. The van der Waals surface area contributed by atoms with Crippen molar-refractivity contribution >= 4 is 0 Å². The molecule has 0 radical (unpaired) electrons. The Hall–Kier alpha value is -1.95. The summed E-state index contributed by atoms with van der Waals surface area (Å²) >= 11 is 0. The molecule has 6 heteroatoms. The molecule has 118 valence electrons. The van der Waals surface area contributed by atoms with Gasteiger partial charge in [0.2, 0.25) is 0 Å². The third-order valence-electron chi connectivity index (χ3n) is 4.34. The SMILES string of the molecule is CCn1c(C2CCCN(Cc3ccccn3)C2)nn(C)c1=O. The Morgan fingerprint density at radius 3 is 2.95 bits per heavy atom. The van der Waals surface area contributed by atoms with Crippen LogP contribution in [0.25, 0.3) is 0 Å². The van der Waals surface area contributed by atoms with Crippen molar-refractivity contribution in [2.45, 2.75) is 38.8 Å². The fraction of sp³-hybridized carbons (Fsp3) is 0.562. The molecule has 2 aromatic rings. The first-order valence-electron chi connectivity index (χ1n) is 7.95. The summed E-state index contributed by atoms with van der Waals surface area (Å²) in [7, 11) is 1.73. The molecule has 0 aliphatic carbocycles. The van der Waals surface area contributed by atoms with Crippen molar-refractivity contribution in [1.29, 1.82) is 0 Å². The number of nitrogens with zero attached hydrogens (tertiary/aromatic N) is 5.